The van der Waals surface area contributed by atoms with Crippen molar-refractivity contribution in [1.29, 1.82) is 0 Å². The Morgan fingerprint density at radius 1 is 1.33 bits per heavy atom. The average molecular weight is 301 g/mol. The molecule has 0 saturated carbocycles. The molecule has 118 valence electrons. The maximum absolute atomic E-state index is 14.5. The molecule has 0 aliphatic rings. The summed E-state index contributed by atoms with van der Waals surface area (Å²) in [5.74, 6) is -4.63. The summed E-state index contributed by atoms with van der Waals surface area (Å²) in [4.78, 5) is 15.6. The van der Waals surface area contributed by atoms with Gasteiger partial charge in [-0.2, -0.15) is 0 Å². The van der Waals surface area contributed by atoms with Gasteiger partial charge in [-0.15, -0.1) is 0 Å². The van der Waals surface area contributed by atoms with Crippen molar-refractivity contribution in [3.63, 3.8) is 0 Å². The predicted molar refractivity (Wildman–Crippen MR) is 74.3 cm³/mol. The molecular weight excluding hydrogens is 280 g/mol. The maximum atomic E-state index is 14.5. The highest BCUT2D eigenvalue weighted by Gasteiger charge is 2.43. The molecule has 0 saturated heterocycles. The van der Waals surface area contributed by atoms with Crippen molar-refractivity contribution < 1.29 is 23.0 Å². The van der Waals surface area contributed by atoms with Crippen LogP contribution in [0.15, 0.2) is 18.3 Å². The summed E-state index contributed by atoms with van der Waals surface area (Å²) in [6, 6.07) is 2.40. The lowest BCUT2D eigenvalue weighted by Crippen LogP contribution is -2.34. The molecule has 0 N–H and O–H groups in total. The van der Waals surface area contributed by atoms with E-state index in [1.54, 1.807) is 20.8 Å². The number of carbonyl (C=O) groups is 1. The first-order valence-corrected chi connectivity index (χ1v) is 6.58. The number of carbonyl (C=O) groups excluding carboxylic acids is 1. The number of nitrogens with zero attached hydrogens (tertiary/aromatic N) is 1. The van der Waals surface area contributed by atoms with Crippen molar-refractivity contribution in [3.05, 3.63) is 23.9 Å². The Morgan fingerprint density at radius 2 is 1.95 bits per heavy atom. The second kappa shape index (κ2) is 6.37. The van der Waals surface area contributed by atoms with Crippen LogP contribution in [-0.4, -0.2) is 25.2 Å². The number of methoxy groups -OCH3 is 2. The molecule has 6 heteroatoms. The second-order valence-corrected chi connectivity index (χ2v) is 5.94. The third-order valence-corrected chi connectivity index (χ3v) is 3.36. The molecule has 0 aliphatic heterocycles. The molecule has 0 aromatic carbocycles. The first-order valence-electron chi connectivity index (χ1n) is 6.58. The quantitative estimate of drug-likeness (QED) is 0.782. The fourth-order valence-corrected chi connectivity index (χ4v) is 2.01. The van der Waals surface area contributed by atoms with Crippen molar-refractivity contribution >= 4 is 5.97 Å². The van der Waals surface area contributed by atoms with Crippen LogP contribution in [0.5, 0.6) is 5.88 Å². The molecule has 0 radical (unpaired) electrons. The Hall–Kier alpha value is -1.72. The molecule has 0 fully saturated rings. The van der Waals surface area contributed by atoms with Gasteiger partial charge in [-0.25, -0.2) is 13.8 Å². The van der Waals surface area contributed by atoms with E-state index in [1.807, 2.05) is 0 Å². The lowest BCUT2D eigenvalue weighted by atomic mass is 9.76. The van der Waals surface area contributed by atoms with Crippen LogP contribution >= 0.6 is 0 Å². The van der Waals surface area contributed by atoms with Crippen LogP contribution in [0.3, 0.4) is 0 Å². The maximum Gasteiger partial charge on any atom is 0.309 e. The number of hydrogen-bond acceptors (Lipinski definition) is 4. The molecule has 0 bridgehead atoms. The number of rotatable bonds is 5. The number of pyridine rings is 1. The lowest BCUT2D eigenvalue weighted by Gasteiger charge is -2.31. The third kappa shape index (κ3) is 4.37. The summed E-state index contributed by atoms with van der Waals surface area (Å²) in [7, 11) is 2.56. The van der Waals surface area contributed by atoms with E-state index in [-0.39, 0.29) is 11.4 Å². The van der Waals surface area contributed by atoms with Crippen molar-refractivity contribution in [2.24, 2.45) is 11.3 Å². The minimum Gasteiger partial charge on any atom is -0.481 e. The van der Waals surface area contributed by atoms with Gasteiger partial charge in [0, 0.05) is 24.2 Å². The number of ether oxygens (including phenoxy) is 2. The van der Waals surface area contributed by atoms with Gasteiger partial charge < -0.3 is 9.47 Å². The Balaban J connectivity index is 3.07. The Labute approximate surface area is 123 Å². The molecule has 1 rings (SSSR count). The Kier molecular flexibility index (Phi) is 5.25. The second-order valence-electron chi connectivity index (χ2n) is 5.94. The minimum atomic E-state index is -3.18. The van der Waals surface area contributed by atoms with Gasteiger partial charge in [0.2, 0.25) is 5.88 Å². The fourth-order valence-electron chi connectivity index (χ4n) is 2.01. The van der Waals surface area contributed by atoms with E-state index in [0.29, 0.717) is 0 Å². The standard InChI is InChI=1S/C15H21F2NO3/c1-14(2,3)11(13(19)21-5)9-15(16,17)10-6-7-18-12(8-10)20-4/h6-8,11H,9H2,1-5H3. The minimum absolute atomic E-state index is 0.109. The van der Waals surface area contributed by atoms with Gasteiger partial charge in [0.25, 0.3) is 5.92 Å². The predicted octanol–water partition coefficient (Wildman–Crippen LogP) is 3.41. The van der Waals surface area contributed by atoms with E-state index in [0.717, 1.165) is 0 Å². The van der Waals surface area contributed by atoms with Crippen LogP contribution in [0.2, 0.25) is 0 Å². The van der Waals surface area contributed by atoms with E-state index in [4.69, 9.17) is 4.74 Å². The highest BCUT2D eigenvalue weighted by molar-refractivity contribution is 5.73. The van der Waals surface area contributed by atoms with Crippen LogP contribution in [0.1, 0.15) is 32.8 Å². The number of alkyl halides is 2. The van der Waals surface area contributed by atoms with Gasteiger partial charge in [0.05, 0.1) is 20.1 Å². The van der Waals surface area contributed by atoms with E-state index < -0.39 is 29.6 Å². The summed E-state index contributed by atoms with van der Waals surface area (Å²) in [6.07, 6.45) is 0.628. The largest absolute Gasteiger partial charge is 0.481 e. The number of aromatic nitrogens is 1. The molecule has 1 aromatic heterocycles. The fraction of sp³-hybridized carbons (Fsp3) is 0.600. The summed E-state index contributed by atoms with van der Waals surface area (Å²) >= 11 is 0. The van der Waals surface area contributed by atoms with Gasteiger partial charge in [-0.1, -0.05) is 20.8 Å². The van der Waals surface area contributed by atoms with Crippen molar-refractivity contribution in [1.82, 2.24) is 4.98 Å². The molecule has 1 unspecified atom stereocenters. The first kappa shape index (κ1) is 17.3. The molecule has 1 atom stereocenters. The molecule has 0 amide bonds. The lowest BCUT2D eigenvalue weighted by molar-refractivity contribution is -0.155. The summed E-state index contributed by atoms with van der Waals surface area (Å²) in [6.45, 7) is 5.20. The van der Waals surface area contributed by atoms with E-state index in [2.05, 4.69) is 9.72 Å². The van der Waals surface area contributed by atoms with E-state index >= 15 is 0 Å². The topological polar surface area (TPSA) is 48.4 Å². The van der Waals surface area contributed by atoms with Gasteiger partial charge in [-0.05, 0) is 11.5 Å². The molecule has 1 aromatic rings. The van der Waals surface area contributed by atoms with Gasteiger partial charge >= 0.3 is 5.97 Å². The summed E-state index contributed by atoms with van der Waals surface area (Å²) in [5.41, 5.74) is -0.860. The molecule has 21 heavy (non-hydrogen) atoms. The molecule has 4 nitrogen and oxygen atoms in total. The SMILES string of the molecule is COC(=O)C(CC(F)(F)c1ccnc(OC)c1)C(C)(C)C. The third-order valence-electron chi connectivity index (χ3n) is 3.36. The number of halogens is 2. The Morgan fingerprint density at radius 3 is 2.43 bits per heavy atom. The van der Waals surface area contributed by atoms with E-state index in [1.165, 1.54) is 32.5 Å². The molecule has 0 spiro atoms. The number of esters is 1. The smallest absolute Gasteiger partial charge is 0.309 e. The Bertz CT molecular complexity index is 498. The van der Waals surface area contributed by atoms with Gasteiger partial charge in [-0.3, -0.25) is 4.79 Å². The highest BCUT2D eigenvalue weighted by atomic mass is 19.3. The summed E-state index contributed by atoms with van der Waals surface area (Å²) in [5, 5.41) is 0. The monoisotopic (exact) mass is 301 g/mol. The molecule has 1 heterocycles. The van der Waals surface area contributed by atoms with E-state index in [9.17, 15) is 13.6 Å². The highest BCUT2D eigenvalue weighted by Crippen LogP contribution is 2.41. The molecule has 0 aliphatic carbocycles. The van der Waals surface area contributed by atoms with Crippen LogP contribution in [0.4, 0.5) is 8.78 Å². The molecular formula is C15H21F2NO3. The van der Waals surface area contributed by atoms with Crippen LogP contribution in [-0.2, 0) is 15.5 Å². The van der Waals surface area contributed by atoms with Crippen molar-refractivity contribution in [2.45, 2.75) is 33.1 Å². The zero-order valence-corrected chi connectivity index (χ0v) is 12.9. The van der Waals surface area contributed by atoms with Gasteiger partial charge in [0.15, 0.2) is 0 Å². The van der Waals surface area contributed by atoms with Crippen LogP contribution in [0.25, 0.3) is 0 Å². The van der Waals surface area contributed by atoms with Gasteiger partial charge in [0.1, 0.15) is 0 Å². The zero-order chi connectivity index (χ0) is 16.3. The summed E-state index contributed by atoms with van der Waals surface area (Å²) < 4.78 is 38.4. The van der Waals surface area contributed by atoms with Crippen molar-refractivity contribution in [2.75, 3.05) is 14.2 Å². The van der Waals surface area contributed by atoms with Crippen LogP contribution < -0.4 is 4.74 Å². The first-order chi connectivity index (χ1) is 9.61. The average Bonchev–Trinajstić information content (AvgIpc) is 2.43. The van der Waals surface area contributed by atoms with Crippen molar-refractivity contribution in [3.8, 4) is 5.88 Å². The normalized spacial score (nSPS) is 13.7. The number of hydrogen-bond donors (Lipinski definition) is 0. The van der Waals surface area contributed by atoms with Crippen LogP contribution in [0, 0.1) is 11.3 Å². The zero-order valence-electron chi connectivity index (χ0n) is 12.9.